The molecule has 22 heavy (non-hydrogen) atoms. The van der Waals surface area contributed by atoms with Crippen LogP contribution in [0.15, 0.2) is 48.5 Å². The van der Waals surface area contributed by atoms with E-state index in [0.717, 1.165) is 5.56 Å². The normalized spacial score (nSPS) is 10.6. The second-order valence-electron chi connectivity index (χ2n) is 4.59. The zero-order valence-electron chi connectivity index (χ0n) is 12.6. The second-order valence-corrected chi connectivity index (χ2v) is 4.59. The lowest BCUT2D eigenvalue weighted by Gasteiger charge is -2.09. The number of benzene rings is 2. The maximum absolute atomic E-state index is 12.1. The molecule has 1 N–H and O–H groups in total. The number of carbonyl (C=O) groups is 1. The Kier molecular flexibility index (Phi) is 5.20. The summed E-state index contributed by atoms with van der Waals surface area (Å²) in [5.74, 6) is 1.18. The van der Waals surface area contributed by atoms with Gasteiger partial charge in [0, 0.05) is 5.56 Å². The summed E-state index contributed by atoms with van der Waals surface area (Å²) in [7, 11) is 1.58. The monoisotopic (exact) mass is 298 g/mol. The summed E-state index contributed by atoms with van der Waals surface area (Å²) in [6.07, 6.45) is 3.17. The minimum atomic E-state index is -0.176. The largest absolute Gasteiger partial charge is 0.508 e. The van der Waals surface area contributed by atoms with Crippen molar-refractivity contribution in [2.75, 3.05) is 13.7 Å². The Labute approximate surface area is 129 Å². The Balaban J connectivity index is 2.19. The molecule has 0 aliphatic rings. The molecular formula is C18H18O4. The Morgan fingerprint density at radius 1 is 1.18 bits per heavy atom. The lowest BCUT2D eigenvalue weighted by molar-refractivity contribution is 0.104. The van der Waals surface area contributed by atoms with Crippen molar-refractivity contribution in [3.8, 4) is 17.2 Å². The zero-order chi connectivity index (χ0) is 15.9. The van der Waals surface area contributed by atoms with Gasteiger partial charge in [0.15, 0.2) is 17.3 Å². The Bertz CT molecular complexity index is 689. The molecule has 0 aliphatic carbocycles. The van der Waals surface area contributed by atoms with Gasteiger partial charge in [-0.2, -0.15) is 0 Å². The average molecular weight is 298 g/mol. The molecule has 0 heterocycles. The van der Waals surface area contributed by atoms with Crippen LogP contribution in [0.3, 0.4) is 0 Å². The van der Waals surface area contributed by atoms with Gasteiger partial charge >= 0.3 is 0 Å². The SMILES string of the molecule is CCOc1cc(C=CC(=O)c2cccc(O)c2)ccc1OC. The molecule has 4 heteroatoms. The molecule has 0 amide bonds. The van der Waals surface area contributed by atoms with Crippen LogP contribution in [0.1, 0.15) is 22.8 Å². The van der Waals surface area contributed by atoms with E-state index in [0.29, 0.717) is 23.7 Å². The molecule has 114 valence electrons. The summed E-state index contributed by atoms with van der Waals surface area (Å²) in [6, 6.07) is 11.7. The van der Waals surface area contributed by atoms with Gasteiger partial charge in [-0.15, -0.1) is 0 Å². The number of hydrogen-bond donors (Lipinski definition) is 1. The summed E-state index contributed by atoms with van der Waals surface area (Å²) >= 11 is 0. The average Bonchev–Trinajstić information content (AvgIpc) is 2.53. The number of phenolic OH excluding ortho intramolecular Hbond substituents is 1. The highest BCUT2D eigenvalue weighted by Crippen LogP contribution is 2.28. The van der Waals surface area contributed by atoms with Gasteiger partial charge in [-0.25, -0.2) is 0 Å². The van der Waals surface area contributed by atoms with Gasteiger partial charge in [-0.05, 0) is 42.8 Å². The van der Waals surface area contributed by atoms with Gasteiger partial charge in [-0.1, -0.05) is 24.3 Å². The molecule has 0 radical (unpaired) electrons. The topological polar surface area (TPSA) is 55.8 Å². The molecule has 2 rings (SSSR count). The summed E-state index contributed by atoms with van der Waals surface area (Å²) in [6.45, 7) is 2.43. The maximum atomic E-state index is 12.1. The smallest absolute Gasteiger partial charge is 0.185 e. The van der Waals surface area contributed by atoms with Gasteiger partial charge in [0.1, 0.15) is 5.75 Å². The summed E-state index contributed by atoms with van der Waals surface area (Å²) in [4.78, 5) is 12.1. The molecule has 4 nitrogen and oxygen atoms in total. The van der Waals surface area contributed by atoms with Crippen LogP contribution >= 0.6 is 0 Å². The number of ether oxygens (including phenoxy) is 2. The fourth-order valence-corrected chi connectivity index (χ4v) is 1.99. The van der Waals surface area contributed by atoms with Crippen molar-refractivity contribution in [1.29, 1.82) is 0 Å². The number of allylic oxidation sites excluding steroid dienone is 1. The predicted octanol–water partition coefficient (Wildman–Crippen LogP) is 3.70. The first kappa shape index (κ1) is 15.6. The van der Waals surface area contributed by atoms with E-state index >= 15 is 0 Å². The first-order valence-electron chi connectivity index (χ1n) is 6.96. The van der Waals surface area contributed by atoms with Crippen LogP contribution < -0.4 is 9.47 Å². The summed E-state index contributed by atoms with van der Waals surface area (Å²) in [5.41, 5.74) is 1.27. The highest BCUT2D eigenvalue weighted by atomic mass is 16.5. The van der Waals surface area contributed by atoms with Crippen molar-refractivity contribution in [2.24, 2.45) is 0 Å². The summed E-state index contributed by atoms with van der Waals surface area (Å²) in [5, 5.41) is 9.39. The first-order valence-corrected chi connectivity index (χ1v) is 6.96. The number of phenols is 1. The molecule has 2 aromatic carbocycles. The van der Waals surface area contributed by atoms with E-state index in [1.165, 1.54) is 18.2 Å². The van der Waals surface area contributed by atoms with Crippen LogP contribution in [-0.2, 0) is 0 Å². The molecule has 0 atom stereocenters. The number of ketones is 1. The third kappa shape index (κ3) is 3.88. The number of aromatic hydroxyl groups is 1. The van der Waals surface area contributed by atoms with Crippen molar-refractivity contribution in [1.82, 2.24) is 0 Å². The van der Waals surface area contributed by atoms with Crippen molar-refractivity contribution in [3.05, 3.63) is 59.7 Å². The molecule has 0 bridgehead atoms. The number of carbonyl (C=O) groups excluding carboxylic acids is 1. The Morgan fingerprint density at radius 2 is 2.00 bits per heavy atom. The van der Waals surface area contributed by atoms with Crippen molar-refractivity contribution < 1.29 is 19.4 Å². The molecule has 0 spiro atoms. The molecule has 0 unspecified atom stereocenters. The number of rotatable bonds is 6. The van der Waals surface area contributed by atoms with E-state index in [1.807, 2.05) is 19.1 Å². The molecule has 0 aromatic heterocycles. The lowest BCUT2D eigenvalue weighted by Crippen LogP contribution is -1.96. The van der Waals surface area contributed by atoms with Crippen LogP contribution in [0.2, 0.25) is 0 Å². The summed E-state index contributed by atoms with van der Waals surface area (Å²) < 4.78 is 10.7. The molecular weight excluding hydrogens is 280 g/mol. The molecule has 2 aromatic rings. The van der Waals surface area contributed by atoms with Crippen molar-refractivity contribution >= 4 is 11.9 Å². The van der Waals surface area contributed by atoms with Gasteiger partial charge in [0.2, 0.25) is 0 Å². The third-order valence-electron chi connectivity index (χ3n) is 3.05. The van der Waals surface area contributed by atoms with E-state index in [1.54, 1.807) is 31.4 Å². The quantitative estimate of drug-likeness (QED) is 0.652. The van der Waals surface area contributed by atoms with E-state index in [2.05, 4.69) is 0 Å². The van der Waals surface area contributed by atoms with Crippen molar-refractivity contribution in [2.45, 2.75) is 6.92 Å². The predicted molar refractivity (Wildman–Crippen MR) is 85.6 cm³/mol. The second kappa shape index (κ2) is 7.31. The number of hydrogen-bond acceptors (Lipinski definition) is 4. The maximum Gasteiger partial charge on any atom is 0.185 e. The van der Waals surface area contributed by atoms with Crippen molar-refractivity contribution in [3.63, 3.8) is 0 Å². The minimum Gasteiger partial charge on any atom is -0.508 e. The fraction of sp³-hybridized carbons (Fsp3) is 0.167. The fourth-order valence-electron chi connectivity index (χ4n) is 1.99. The first-order chi connectivity index (χ1) is 10.6. The molecule has 0 fully saturated rings. The van der Waals surface area contributed by atoms with Crippen LogP contribution in [0.25, 0.3) is 6.08 Å². The van der Waals surface area contributed by atoms with Crippen LogP contribution in [0, 0.1) is 0 Å². The number of methoxy groups -OCH3 is 1. The van der Waals surface area contributed by atoms with Crippen LogP contribution in [0.5, 0.6) is 17.2 Å². The van der Waals surface area contributed by atoms with Crippen LogP contribution in [-0.4, -0.2) is 24.6 Å². The zero-order valence-corrected chi connectivity index (χ0v) is 12.6. The molecule has 0 saturated carbocycles. The van der Waals surface area contributed by atoms with E-state index in [4.69, 9.17) is 9.47 Å². The highest BCUT2D eigenvalue weighted by Gasteiger charge is 2.05. The standard InChI is InChI=1S/C18H18O4/c1-3-22-18-11-13(8-10-17(18)21-2)7-9-16(20)14-5-4-6-15(19)12-14/h4-12,19H,3H2,1-2H3. The third-order valence-corrected chi connectivity index (χ3v) is 3.05. The van der Waals surface area contributed by atoms with Gasteiger partial charge in [0.25, 0.3) is 0 Å². The van der Waals surface area contributed by atoms with E-state index < -0.39 is 0 Å². The van der Waals surface area contributed by atoms with E-state index in [-0.39, 0.29) is 11.5 Å². The van der Waals surface area contributed by atoms with Crippen LogP contribution in [0.4, 0.5) is 0 Å². The Hall–Kier alpha value is -2.75. The van der Waals surface area contributed by atoms with Gasteiger partial charge in [-0.3, -0.25) is 4.79 Å². The minimum absolute atomic E-state index is 0.0716. The lowest BCUT2D eigenvalue weighted by atomic mass is 10.1. The van der Waals surface area contributed by atoms with Gasteiger partial charge in [0.05, 0.1) is 13.7 Å². The van der Waals surface area contributed by atoms with E-state index in [9.17, 15) is 9.90 Å². The highest BCUT2D eigenvalue weighted by molar-refractivity contribution is 6.07. The Morgan fingerprint density at radius 3 is 2.68 bits per heavy atom. The molecule has 0 saturated heterocycles. The van der Waals surface area contributed by atoms with Gasteiger partial charge < -0.3 is 14.6 Å². The molecule has 0 aliphatic heterocycles.